The molecule has 4 rings (SSSR count). The predicted molar refractivity (Wildman–Crippen MR) is 100 cm³/mol. The van der Waals surface area contributed by atoms with Gasteiger partial charge in [-0.3, -0.25) is 14.6 Å². The summed E-state index contributed by atoms with van der Waals surface area (Å²) in [4.78, 5) is 32.1. The third-order valence-electron chi connectivity index (χ3n) is 4.81. The standard InChI is InChI=1S/C19H19ClN4O2/c1-2-18(25)23-10-15(11-23)22-14-6-16(8-21-7-14)24-9-12-5-13(20)3-4-17(12)19(24)26/h3-8,15,22H,2,9-11H2,1H3. The van der Waals surface area contributed by atoms with Crippen LogP contribution in [0.5, 0.6) is 0 Å². The van der Waals surface area contributed by atoms with Crippen LogP contribution in [-0.2, 0) is 11.3 Å². The topological polar surface area (TPSA) is 65.5 Å². The van der Waals surface area contributed by atoms with Gasteiger partial charge in [0, 0.05) is 30.1 Å². The number of hydrogen-bond acceptors (Lipinski definition) is 4. The Hall–Kier alpha value is -2.60. The Labute approximate surface area is 156 Å². The van der Waals surface area contributed by atoms with Crippen LogP contribution in [0, 0.1) is 0 Å². The molecule has 0 atom stereocenters. The van der Waals surface area contributed by atoms with E-state index in [0.29, 0.717) is 36.6 Å². The highest BCUT2D eigenvalue weighted by atomic mass is 35.5. The van der Waals surface area contributed by atoms with E-state index in [2.05, 4.69) is 10.3 Å². The number of hydrogen-bond donors (Lipinski definition) is 1. The van der Waals surface area contributed by atoms with Gasteiger partial charge in [-0.15, -0.1) is 0 Å². The van der Waals surface area contributed by atoms with Crippen LogP contribution in [0.1, 0.15) is 29.3 Å². The molecule has 0 saturated carbocycles. The molecular formula is C19H19ClN4O2. The Morgan fingerprint density at radius 2 is 2.12 bits per heavy atom. The van der Waals surface area contributed by atoms with Crippen molar-refractivity contribution in [1.29, 1.82) is 0 Å². The van der Waals surface area contributed by atoms with Crippen LogP contribution in [0.2, 0.25) is 5.02 Å². The summed E-state index contributed by atoms with van der Waals surface area (Å²) in [5, 5.41) is 4.01. The number of nitrogens with zero attached hydrogens (tertiary/aromatic N) is 3. The highest BCUT2D eigenvalue weighted by Crippen LogP contribution is 2.31. The summed E-state index contributed by atoms with van der Waals surface area (Å²) in [5.74, 6) is 0.132. The number of amides is 2. The molecule has 0 unspecified atom stereocenters. The lowest BCUT2D eigenvalue weighted by atomic mass is 10.1. The fraction of sp³-hybridized carbons (Fsp3) is 0.316. The summed E-state index contributed by atoms with van der Waals surface area (Å²) >= 11 is 6.03. The van der Waals surface area contributed by atoms with Crippen molar-refractivity contribution in [1.82, 2.24) is 9.88 Å². The zero-order valence-electron chi connectivity index (χ0n) is 14.4. The third kappa shape index (κ3) is 3.01. The van der Waals surface area contributed by atoms with Crippen molar-refractivity contribution in [2.24, 2.45) is 0 Å². The van der Waals surface area contributed by atoms with Gasteiger partial charge in [0.2, 0.25) is 5.91 Å². The van der Waals surface area contributed by atoms with Gasteiger partial charge in [-0.1, -0.05) is 18.5 Å². The van der Waals surface area contributed by atoms with Gasteiger partial charge in [0.1, 0.15) is 0 Å². The highest BCUT2D eigenvalue weighted by Gasteiger charge is 2.31. The van der Waals surface area contributed by atoms with Crippen LogP contribution in [0.4, 0.5) is 11.4 Å². The lowest BCUT2D eigenvalue weighted by Gasteiger charge is -2.40. The maximum atomic E-state index is 12.7. The van der Waals surface area contributed by atoms with Gasteiger partial charge in [-0.05, 0) is 29.8 Å². The van der Waals surface area contributed by atoms with E-state index >= 15 is 0 Å². The third-order valence-corrected chi connectivity index (χ3v) is 5.05. The van der Waals surface area contributed by atoms with Crippen LogP contribution in [0.15, 0.2) is 36.7 Å². The van der Waals surface area contributed by atoms with Crippen molar-refractivity contribution in [2.45, 2.75) is 25.9 Å². The lowest BCUT2D eigenvalue weighted by Crippen LogP contribution is -2.56. The van der Waals surface area contributed by atoms with Gasteiger partial charge in [0.25, 0.3) is 5.91 Å². The second-order valence-corrected chi connectivity index (χ2v) is 7.05. The molecule has 2 aliphatic heterocycles. The molecule has 1 saturated heterocycles. The number of carbonyl (C=O) groups excluding carboxylic acids is 2. The quantitative estimate of drug-likeness (QED) is 0.898. The Kier molecular flexibility index (Phi) is 4.28. The molecule has 0 bridgehead atoms. The minimum atomic E-state index is -0.0426. The minimum absolute atomic E-state index is 0.0426. The van der Waals surface area contributed by atoms with Crippen molar-refractivity contribution in [3.8, 4) is 0 Å². The zero-order valence-corrected chi connectivity index (χ0v) is 15.2. The molecule has 0 radical (unpaired) electrons. The lowest BCUT2D eigenvalue weighted by molar-refractivity contribution is -0.134. The molecule has 0 aliphatic carbocycles. The number of rotatable bonds is 4. The summed E-state index contributed by atoms with van der Waals surface area (Å²) in [7, 11) is 0. The van der Waals surface area contributed by atoms with E-state index in [4.69, 9.17) is 11.6 Å². The van der Waals surface area contributed by atoms with Gasteiger partial charge < -0.3 is 15.1 Å². The Balaban J connectivity index is 1.46. The monoisotopic (exact) mass is 370 g/mol. The number of aromatic nitrogens is 1. The maximum absolute atomic E-state index is 12.7. The average molecular weight is 371 g/mol. The van der Waals surface area contributed by atoms with E-state index in [0.717, 1.165) is 16.9 Å². The van der Waals surface area contributed by atoms with E-state index < -0.39 is 0 Å². The first-order valence-corrected chi connectivity index (χ1v) is 9.02. The van der Waals surface area contributed by atoms with E-state index in [-0.39, 0.29) is 17.9 Å². The fourth-order valence-corrected chi connectivity index (χ4v) is 3.58. The highest BCUT2D eigenvalue weighted by molar-refractivity contribution is 6.31. The Morgan fingerprint density at radius 3 is 2.88 bits per heavy atom. The molecule has 0 spiro atoms. The smallest absolute Gasteiger partial charge is 0.258 e. The number of nitrogens with one attached hydrogen (secondary N) is 1. The molecule has 2 aromatic rings. The van der Waals surface area contributed by atoms with Crippen molar-refractivity contribution >= 4 is 34.8 Å². The van der Waals surface area contributed by atoms with Gasteiger partial charge >= 0.3 is 0 Å². The van der Waals surface area contributed by atoms with Crippen molar-refractivity contribution in [2.75, 3.05) is 23.3 Å². The number of anilines is 2. The molecule has 1 fully saturated rings. The van der Waals surface area contributed by atoms with E-state index in [1.165, 1.54) is 0 Å². The van der Waals surface area contributed by atoms with Crippen molar-refractivity contribution < 1.29 is 9.59 Å². The number of carbonyl (C=O) groups is 2. The Morgan fingerprint density at radius 1 is 1.31 bits per heavy atom. The SMILES string of the molecule is CCC(=O)N1CC(Nc2cncc(N3Cc4cc(Cl)ccc4C3=O)c2)C1. The van der Waals surface area contributed by atoms with E-state index in [1.807, 2.05) is 24.0 Å². The molecular weight excluding hydrogens is 352 g/mol. The number of halogens is 1. The predicted octanol–water partition coefficient (Wildman–Crippen LogP) is 2.93. The number of fused-ring (bicyclic) bond motifs is 1. The summed E-state index contributed by atoms with van der Waals surface area (Å²) in [6.45, 7) is 3.75. The number of benzene rings is 1. The van der Waals surface area contributed by atoms with Crippen LogP contribution >= 0.6 is 11.6 Å². The number of pyridine rings is 1. The molecule has 3 heterocycles. The maximum Gasteiger partial charge on any atom is 0.258 e. The summed E-state index contributed by atoms with van der Waals surface area (Å²) in [5.41, 5.74) is 3.19. The van der Waals surface area contributed by atoms with Gasteiger partial charge in [0.05, 0.1) is 36.4 Å². The molecule has 2 aliphatic rings. The summed E-state index contributed by atoms with van der Waals surface area (Å²) in [6.07, 6.45) is 3.95. The van der Waals surface area contributed by atoms with Gasteiger partial charge in [0.15, 0.2) is 0 Å². The minimum Gasteiger partial charge on any atom is -0.377 e. The van der Waals surface area contributed by atoms with E-state index in [9.17, 15) is 9.59 Å². The fourth-order valence-electron chi connectivity index (χ4n) is 3.38. The molecule has 2 amide bonds. The second-order valence-electron chi connectivity index (χ2n) is 6.62. The molecule has 1 aromatic carbocycles. The normalized spacial score (nSPS) is 16.5. The molecule has 6 nitrogen and oxygen atoms in total. The zero-order chi connectivity index (χ0) is 18.3. The van der Waals surface area contributed by atoms with Crippen LogP contribution < -0.4 is 10.2 Å². The Bertz CT molecular complexity index is 880. The first kappa shape index (κ1) is 16.8. The van der Waals surface area contributed by atoms with Crippen LogP contribution in [-0.4, -0.2) is 40.8 Å². The first-order chi connectivity index (χ1) is 12.5. The van der Waals surface area contributed by atoms with Crippen LogP contribution in [0.3, 0.4) is 0 Å². The first-order valence-electron chi connectivity index (χ1n) is 8.65. The summed E-state index contributed by atoms with van der Waals surface area (Å²) < 4.78 is 0. The average Bonchev–Trinajstić information content (AvgIpc) is 2.93. The van der Waals surface area contributed by atoms with Crippen LogP contribution in [0.25, 0.3) is 0 Å². The largest absolute Gasteiger partial charge is 0.377 e. The van der Waals surface area contributed by atoms with Crippen molar-refractivity contribution in [3.63, 3.8) is 0 Å². The molecule has 134 valence electrons. The van der Waals surface area contributed by atoms with E-state index in [1.54, 1.807) is 29.4 Å². The van der Waals surface area contributed by atoms with Gasteiger partial charge in [-0.2, -0.15) is 0 Å². The molecule has 1 aromatic heterocycles. The number of likely N-dealkylation sites (tertiary alicyclic amines) is 1. The molecule has 26 heavy (non-hydrogen) atoms. The second kappa shape index (κ2) is 6.61. The molecule has 1 N–H and O–H groups in total. The summed E-state index contributed by atoms with van der Waals surface area (Å²) in [6, 6.07) is 7.47. The van der Waals surface area contributed by atoms with Crippen molar-refractivity contribution in [3.05, 3.63) is 52.8 Å². The molecule has 7 heteroatoms. The van der Waals surface area contributed by atoms with Gasteiger partial charge in [-0.25, -0.2) is 0 Å².